The van der Waals surface area contributed by atoms with Crippen molar-refractivity contribution in [3.63, 3.8) is 0 Å². The number of hydrogen-bond donors (Lipinski definition) is 1. The molecule has 1 N–H and O–H groups in total. The summed E-state index contributed by atoms with van der Waals surface area (Å²) in [5, 5.41) is 7.12. The third-order valence-corrected chi connectivity index (χ3v) is 4.73. The number of rotatable bonds is 3. The molecule has 0 spiro atoms. The fraction of sp³-hybridized carbons (Fsp3) is 0.750. The molecule has 132 valence electrons. The van der Waals surface area contributed by atoms with Crippen molar-refractivity contribution < 1.29 is 14.3 Å². The summed E-state index contributed by atoms with van der Waals surface area (Å²) in [5.74, 6) is 1.53. The largest absolute Gasteiger partial charge is 0.367 e. The Morgan fingerprint density at radius 2 is 2.17 bits per heavy atom. The molecule has 0 bridgehead atoms. The maximum Gasteiger partial charge on any atom is 0.226 e. The van der Waals surface area contributed by atoms with E-state index in [0.717, 1.165) is 12.2 Å². The van der Waals surface area contributed by atoms with E-state index in [4.69, 9.17) is 4.74 Å². The van der Waals surface area contributed by atoms with Crippen molar-refractivity contribution in [3.05, 3.63) is 11.6 Å². The van der Waals surface area contributed by atoms with Crippen molar-refractivity contribution in [1.29, 1.82) is 0 Å². The first-order valence-electron chi connectivity index (χ1n) is 8.52. The molecule has 1 aromatic rings. The first-order valence-corrected chi connectivity index (χ1v) is 8.52. The average Bonchev–Trinajstić information content (AvgIpc) is 3.07. The lowest BCUT2D eigenvalue weighted by Crippen LogP contribution is -2.48. The first-order chi connectivity index (χ1) is 11.5. The topological polar surface area (TPSA) is 91.4 Å². The first kappa shape index (κ1) is 16.9. The van der Waals surface area contributed by atoms with Gasteiger partial charge in [0.15, 0.2) is 11.6 Å². The van der Waals surface area contributed by atoms with Crippen LogP contribution in [0, 0.1) is 5.92 Å². The van der Waals surface area contributed by atoms with E-state index in [9.17, 15) is 9.59 Å². The molecule has 2 fully saturated rings. The number of nitrogens with one attached hydrogen (secondary N) is 1. The highest BCUT2D eigenvalue weighted by atomic mass is 16.5. The number of likely N-dealkylation sites (tertiary alicyclic amines) is 1. The van der Waals surface area contributed by atoms with Crippen LogP contribution in [0.15, 0.2) is 0 Å². The summed E-state index contributed by atoms with van der Waals surface area (Å²) < 4.78 is 5.76. The summed E-state index contributed by atoms with van der Waals surface area (Å²) in [6.07, 6.45) is 0.740. The van der Waals surface area contributed by atoms with Gasteiger partial charge in [-0.3, -0.25) is 14.7 Å². The molecule has 0 saturated carbocycles. The molecule has 3 heterocycles. The van der Waals surface area contributed by atoms with E-state index < -0.39 is 0 Å². The van der Waals surface area contributed by atoms with Gasteiger partial charge in [0.25, 0.3) is 0 Å². The van der Waals surface area contributed by atoms with Crippen LogP contribution >= 0.6 is 0 Å². The van der Waals surface area contributed by atoms with Gasteiger partial charge in [0.2, 0.25) is 11.8 Å². The SMILES string of the molecule is CC(C)c1n[nH]c(C2CN(C(=O)C3CCN(C)C(=O)C3)CCO2)n1. The second-order valence-electron chi connectivity index (χ2n) is 6.88. The van der Waals surface area contributed by atoms with Crippen LogP contribution in [0.3, 0.4) is 0 Å². The minimum absolute atomic E-state index is 0.0428. The zero-order valence-corrected chi connectivity index (χ0v) is 14.5. The quantitative estimate of drug-likeness (QED) is 0.878. The lowest BCUT2D eigenvalue weighted by atomic mass is 9.94. The Hall–Kier alpha value is -1.96. The van der Waals surface area contributed by atoms with Gasteiger partial charge in [-0.05, 0) is 6.42 Å². The molecule has 0 aromatic carbocycles. The molecule has 24 heavy (non-hydrogen) atoms. The summed E-state index contributed by atoms with van der Waals surface area (Å²) in [5.41, 5.74) is 0. The molecular formula is C16H25N5O3. The molecule has 3 rings (SSSR count). The van der Waals surface area contributed by atoms with Crippen LogP contribution in [0.25, 0.3) is 0 Å². The number of carbonyl (C=O) groups is 2. The van der Waals surface area contributed by atoms with Crippen molar-refractivity contribution in [1.82, 2.24) is 25.0 Å². The molecule has 2 saturated heterocycles. The Kier molecular flexibility index (Phi) is 4.84. The number of H-pyrrole nitrogens is 1. The van der Waals surface area contributed by atoms with E-state index in [1.807, 2.05) is 13.8 Å². The molecule has 0 aliphatic carbocycles. The smallest absolute Gasteiger partial charge is 0.226 e. The molecule has 2 aliphatic heterocycles. The molecule has 0 radical (unpaired) electrons. The average molecular weight is 335 g/mol. The Labute approximate surface area is 141 Å². The Bertz CT molecular complexity index is 615. The van der Waals surface area contributed by atoms with Gasteiger partial charge in [0, 0.05) is 38.4 Å². The highest BCUT2D eigenvalue weighted by molar-refractivity contribution is 5.87. The zero-order chi connectivity index (χ0) is 17.3. The van der Waals surface area contributed by atoms with Crippen molar-refractivity contribution in [2.24, 2.45) is 5.92 Å². The minimum Gasteiger partial charge on any atom is -0.367 e. The Morgan fingerprint density at radius 3 is 2.83 bits per heavy atom. The maximum absolute atomic E-state index is 12.7. The molecule has 1 aromatic heterocycles. The number of hydrogen-bond acceptors (Lipinski definition) is 5. The number of carbonyl (C=O) groups excluding carboxylic acids is 2. The van der Waals surface area contributed by atoms with Gasteiger partial charge in [0.05, 0.1) is 13.2 Å². The number of morpholine rings is 1. The number of aromatic amines is 1. The molecule has 2 amide bonds. The number of piperidine rings is 1. The minimum atomic E-state index is -0.287. The molecule has 8 nitrogen and oxygen atoms in total. The lowest BCUT2D eigenvalue weighted by Gasteiger charge is -2.36. The molecular weight excluding hydrogens is 310 g/mol. The fourth-order valence-electron chi connectivity index (χ4n) is 3.12. The molecule has 8 heteroatoms. The summed E-state index contributed by atoms with van der Waals surface area (Å²) in [6.45, 7) is 6.17. The van der Waals surface area contributed by atoms with E-state index in [-0.39, 0.29) is 29.8 Å². The molecule has 2 unspecified atom stereocenters. The third kappa shape index (κ3) is 3.43. The second-order valence-corrected chi connectivity index (χ2v) is 6.88. The van der Waals surface area contributed by atoms with Gasteiger partial charge in [0.1, 0.15) is 6.10 Å². The standard InChI is InChI=1S/C16H25N5O3/c1-10(2)14-17-15(19-18-14)12-9-21(6-7-24-12)16(23)11-4-5-20(3)13(22)8-11/h10-12H,4-9H2,1-3H3,(H,17,18,19). The predicted octanol–water partition coefficient (Wildman–Crippen LogP) is 0.696. The summed E-state index contributed by atoms with van der Waals surface area (Å²) in [7, 11) is 1.78. The van der Waals surface area contributed by atoms with E-state index in [2.05, 4.69) is 15.2 Å². The van der Waals surface area contributed by atoms with E-state index in [0.29, 0.717) is 38.5 Å². The molecule has 2 aliphatic rings. The van der Waals surface area contributed by atoms with E-state index in [1.54, 1.807) is 16.8 Å². The summed E-state index contributed by atoms with van der Waals surface area (Å²) >= 11 is 0. The normalized spacial score (nSPS) is 25.4. The van der Waals surface area contributed by atoms with E-state index in [1.165, 1.54) is 0 Å². The monoisotopic (exact) mass is 335 g/mol. The number of amides is 2. The lowest BCUT2D eigenvalue weighted by molar-refractivity contribution is -0.149. The van der Waals surface area contributed by atoms with Crippen molar-refractivity contribution in [3.8, 4) is 0 Å². The van der Waals surface area contributed by atoms with Gasteiger partial charge < -0.3 is 14.5 Å². The van der Waals surface area contributed by atoms with Crippen molar-refractivity contribution in [2.75, 3.05) is 33.3 Å². The predicted molar refractivity (Wildman–Crippen MR) is 86.1 cm³/mol. The number of ether oxygens (including phenoxy) is 1. The van der Waals surface area contributed by atoms with Crippen molar-refractivity contribution >= 4 is 11.8 Å². The van der Waals surface area contributed by atoms with Crippen molar-refractivity contribution in [2.45, 2.75) is 38.7 Å². The van der Waals surface area contributed by atoms with Crippen LogP contribution in [-0.2, 0) is 14.3 Å². The summed E-state index contributed by atoms with van der Waals surface area (Å²) in [4.78, 5) is 32.6. The highest BCUT2D eigenvalue weighted by Gasteiger charge is 2.35. The number of nitrogens with zero attached hydrogens (tertiary/aromatic N) is 4. The summed E-state index contributed by atoms with van der Waals surface area (Å²) in [6, 6.07) is 0. The van der Waals surface area contributed by atoms with E-state index >= 15 is 0 Å². The molecule has 2 atom stereocenters. The van der Waals surface area contributed by atoms with Crippen LogP contribution in [0.4, 0.5) is 0 Å². The van der Waals surface area contributed by atoms with Crippen LogP contribution in [-0.4, -0.2) is 70.1 Å². The van der Waals surface area contributed by atoms with Gasteiger partial charge in [-0.15, -0.1) is 0 Å². The van der Waals surface area contributed by atoms with Crippen LogP contribution in [0.1, 0.15) is 50.4 Å². The number of aromatic nitrogens is 3. The van der Waals surface area contributed by atoms with Crippen LogP contribution in [0.2, 0.25) is 0 Å². The zero-order valence-electron chi connectivity index (χ0n) is 14.5. The van der Waals surface area contributed by atoms with Crippen LogP contribution < -0.4 is 0 Å². The Morgan fingerprint density at radius 1 is 1.38 bits per heavy atom. The fourth-order valence-corrected chi connectivity index (χ4v) is 3.12. The van der Waals surface area contributed by atoms with Gasteiger partial charge in [-0.25, -0.2) is 4.98 Å². The Balaban J connectivity index is 1.64. The second kappa shape index (κ2) is 6.88. The van der Waals surface area contributed by atoms with Gasteiger partial charge >= 0.3 is 0 Å². The van der Waals surface area contributed by atoms with Gasteiger partial charge in [-0.2, -0.15) is 5.10 Å². The third-order valence-electron chi connectivity index (χ3n) is 4.73. The highest BCUT2D eigenvalue weighted by Crippen LogP contribution is 2.25. The van der Waals surface area contributed by atoms with Gasteiger partial charge in [-0.1, -0.05) is 13.8 Å². The maximum atomic E-state index is 12.7. The van der Waals surface area contributed by atoms with Crippen LogP contribution in [0.5, 0.6) is 0 Å².